The number of unbranched alkanes of at least 4 members (excludes halogenated alkanes) is 1. The minimum absolute atomic E-state index is 0.110. The van der Waals surface area contributed by atoms with Crippen molar-refractivity contribution < 1.29 is 14.4 Å². The number of rotatable bonds is 9. The average Bonchev–Trinajstić information content (AvgIpc) is 3.12. The van der Waals surface area contributed by atoms with E-state index in [9.17, 15) is 14.4 Å². The highest BCUT2D eigenvalue weighted by Crippen LogP contribution is 2.80. The normalized spacial score (nSPS) is 34.4. The minimum atomic E-state index is -1.29. The third-order valence-electron chi connectivity index (χ3n) is 8.79. The Kier molecular flexibility index (Phi) is 5.09. The van der Waals surface area contributed by atoms with E-state index >= 15 is 0 Å². The zero-order chi connectivity index (χ0) is 22.7. The first kappa shape index (κ1) is 21.8. The molecule has 1 spiro atoms. The van der Waals surface area contributed by atoms with Crippen LogP contribution in [0, 0.1) is 22.7 Å². The van der Waals surface area contributed by atoms with Gasteiger partial charge in [-0.1, -0.05) is 18.6 Å². The molecule has 4 aliphatic rings. The topological polar surface area (TPSA) is 119 Å². The predicted octanol–water partition coefficient (Wildman–Crippen LogP) is 2.40. The van der Waals surface area contributed by atoms with Gasteiger partial charge in [-0.2, -0.15) is 0 Å². The van der Waals surface area contributed by atoms with Gasteiger partial charge in [-0.15, -0.1) is 11.3 Å². The first-order valence-electron chi connectivity index (χ1n) is 11.8. The number of aromatic nitrogens is 1. The maximum Gasteiger partial charge on any atom is 0.232 e. The van der Waals surface area contributed by atoms with Crippen LogP contribution in [-0.4, -0.2) is 47.1 Å². The van der Waals surface area contributed by atoms with Crippen molar-refractivity contribution in [3.05, 3.63) is 28.2 Å². The van der Waals surface area contributed by atoms with Gasteiger partial charge in [-0.25, -0.2) is 4.98 Å². The molecule has 1 aromatic rings. The lowest BCUT2D eigenvalue weighted by atomic mass is 9.55. The van der Waals surface area contributed by atoms with E-state index in [-0.39, 0.29) is 23.0 Å². The van der Waals surface area contributed by atoms with Gasteiger partial charge in [0.25, 0.3) is 0 Å². The SMILES string of the molecule is CC(=O)c1csc([C@]2(C(N)=O)[C@H]3C=C[C@H](C34CC4)[C@@]2(CCCCN2CCCC2)C(N)=O)n1. The van der Waals surface area contributed by atoms with Gasteiger partial charge < -0.3 is 16.4 Å². The summed E-state index contributed by atoms with van der Waals surface area (Å²) in [5.41, 5.74) is 10.2. The summed E-state index contributed by atoms with van der Waals surface area (Å²) in [5.74, 6) is -1.47. The summed E-state index contributed by atoms with van der Waals surface area (Å²) >= 11 is 1.27. The van der Waals surface area contributed by atoms with Crippen LogP contribution >= 0.6 is 11.3 Å². The zero-order valence-electron chi connectivity index (χ0n) is 18.6. The van der Waals surface area contributed by atoms with Crippen molar-refractivity contribution in [2.45, 2.75) is 57.3 Å². The number of Topliss-reactive ketones (excluding diaryl/α,β-unsaturated/α-hetero) is 1. The van der Waals surface area contributed by atoms with Crippen molar-refractivity contribution >= 4 is 28.9 Å². The van der Waals surface area contributed by atoms with Crippen LogP contribution in [0.25, 0.3) is 0 Å². The molecule has 5 rings (SSSR count). The lowest BCUT2D eigenvalue weighted by molar-refractivity contribution is -0.143. The van der Waals surface area contributed by atoms with Crippen LogP contribution in [0.5, 0.6) is 0 Å². The molecule has 2 heterocycles. The van der Waals surface area contributed by atoms with Gasteiger partial charge >= 0.3 is 0 Å². The zero-order valence-corrected chi connectivity index (χ0v) is 19.5. The smallest absolute Gasteiger partial charge is 0.232 e. The van der Waals surface area contributed by atoms with Crippen LogP contribution in [-0.2, 0) is 15.0 Å². The maximum absolute atomic E-state index is 13.4. The second-order valence-electron chi connectivity index (χ2n) is 10.2. The van der Waals surface area contributed by atoms with Gasteiger partial charge in [0.05, 0.1) is 5.41 Å². The quantitative estimate of drug-likeness (QED) is 0.336. The van der Waals surface area contributed by atoms with Crippen molar-refractivity contribution in [1.29, 1.82) is 0 Å². The second kappa shape index (κ2) is 7.48. The molecule has 1 saturated heterocycles. The van der Waals surface area contributed by atoms with Crippen molar-refractivity contribution in [3.8, 4) is 0 Å². The highest BCUT2D eigenvalue weighted by Gasteiger charge is 2.83. The molecule has 8 heteroatoms. The highest BCUT2D eigenvalue weighted by atomic mass is 32.1. The molecule has 7 nitrogen and oxygen atoms in total. The Morgan fingerprint density at radius 2 is 1.78 bits per heavy atom. The molecular formula is C24H32N4O3S. The Morgan fingerprint density at radius 3 is 2.34 bits per heavy atom. The third kappa shape index (κ3) is 2.68. The van der Waals surface area contributed by atoms with Crippen molar-refractivity contribution in [1.82, 2.24) is 9.88 Å². The molecule has 32 heavy (non-hydrogen) atoms. The summed E-state index contributed by atoms with van der Waals surface area (Å²) < 4.78 is 0. The standard InChI is InChI=1S/C24H32N4O3S/c1-15(29)16-14-32-21(27-16)24(20(26)31)18-7-6-17(22(18)9-10-22)23(24,19(25)30)8-2-3-11-28-12-4-5-13-28/h6-7,14,17-18H,2-5,8-13H2,1H3,(H2,25,30)(H2,26,31)/t17-,18+,23+,24-/m1/s1. The van der Waals surface area contributed by atoms with Crippen molar-refractivity contribution in [3.63, 3.8) is 0 Å². The fourth-order valence-electron chi connectivity index (χ4n) is 7.31. The van der Waals surface area contributed by atoms with Gasteiger partial charge in [0.15, 0.2) is 5.78 Å². The number of carbonyl (C=O) groups excluding carboxylic acids is 3. The second-order valence-corrected chi connectivity index (χ2v) is 11.0. The van der Waals surface area contributed by atoms with E-state index in [1.54, 1.807) is 5.38 Å². The molecule has 172 valence electrons. The molecule has 0 unspecified atom stereocenters. The van der Waals surface area contributed by atoms with E-state index in [2.05, 4.69) is 22.0 Å². The molecule has 3 fully saturated rings. The van der Waals surface area contributed by atoms with E-state index in [1.807, 2.05) is 0 Å². The lowest BCUT2D eigenvalue weighted by Gasteiger charge is -2.46. The van der Waals surface area contributed by atoms with Gasteiger partial charge in [-0.05, 0) is 69.5 Å². The summed E-state index contributed by atoms with van der Waals surface area (Å²) in [6, 6.07) is 0. The van der Waals surface area contributed by atoms with Crippen LogP contribution in [0.15, 0.2) is 17.5 Å². The van der Waals surface area contributed by atoms with E-state index in [1.165, 1.54) is 31.1 Å². The summed E-state index contributed by atoms with van der Waals surface area (Å²) in [4.78, 5) is 45.9. The predicted molar refractivity (Wildman–Crippen MR) is 122 cm³/mol. The fraction of sp³-hybridized carbons (Fsp3) is 0.667. The number of likely N-dealkylation sites (tertiary alicyclic amines) is 1. The first-order chi connectivity index (χ1) is 15.3. The average molecular weight is 457 g/mol. The van der Waals surface area contributed by atoms with E-state index in [4.69, 9.17) is 11.5 Å². The Hall–Kier alpha value is -2.06. The number of hydrogen-bond acceptors (Lipinski definition) is 6. The summed E-state index contributed by atoms with van der Waals surface area (Å²) in [5, 5.41) is 2.16. The maximum atomic E-state index is 13.4. The van der Waals surface area contributed by atoms with Crippen LogP contribution in [0.3, 0.4) is 0 Å². The Bertz CT molecular complexity index is 993. The number of hydrogen-bond donors (Lipinski definition) is 2. The van der Waals surface area contributed by atoms with E-state index in [0.717, 1.165) is 45.3 Å². The van der Waals surface area contributed by atoms with Gasteiger partial charge in [0, 0.05) is 18.2 Å². The number of thiazole rings is 1. The molecule has 1 aromatic heterocycles. The monoisotopic (exact) mass is 456 g/mol. The van der Waals surface area contributed by atoms with E-state index in [0.29, 0.717) is 17.1 Å². The lowest BCUT2D eigenvalue weighted by Crippen LogP contribution is -2.62. The molecule has 0 aromatic carbocycles. The number of allylic oxidation sites excluding steroid dienone is 2. The highest BCUT2D eigenvalue weighted by molar-refractivity contribution is 7.10. The van der Waals surface area contributed by atoms with Gasteiger partial charge in [-0.3, -0.25) is 14.4 Å². The number of amides is 2. The summed E-state index contributed by atoms with van der Waals surface area (Å²) in [6.45, 7) is 4.73. The molecule has 4 N–H and O–H groups in total. The fourth-order valence-corrected chi connectivity index (χ4v) is 8.49. The van der Waals surface area contributed by atoms with Crippen molar-refractivity contribution in [2.24, 2.45) is 34.1 Å². The minimum Gasteiger partial charge on any atom is -0.369 e. The van der Waals surface area contributed by atoms with Crippen LogP contribution in [0.4, 0.5) is 0 Å². The number of primary amides is 2. The Morgan fingerprint density at radius 1 is 1.09 bits per heavy atom. The molecule has 2 saturated carbocycles. The van der Waals surface area contributed by atoms with Crippen LogP contribution in [0.2, 0.25) is 0 Å². The number of carbonyl (C=O) groups is 3. The molecule has 1 aliphatic heterocycles. The third-order valence-corrected chi connectivity index (χ3v) is 9.77. The number of nitrogens with zero attached hydrogens (tertiary/aromatic N) is 2. The summed E-state index contributed by atoms with van der Waals surface area (Å²) in [7, 11) is 0. The molecule has 2 bridgehead atoms. The van der Waals surface area contributed by atoms with Gasteiger partial charge in [0.2, 0.25) is 11.8 Å². The molecule has 0 radical (unpaired) electrons. The largest absolute Gasteiger partial charge is 0.369 e. The Balaban J connectivity index is 1.57. The summed E-state index contributed by atoms with van der Waals surface area (Å²) in [6.07, 6.45) is 10.9. The van der Waals surface area contributed by atoms with Crippen LogP contribution in [0.1, 0.15) is 67.4 Å². The molecular weight excluding hydrogens is 424 g/mol. The molecule has 2 amide bonds. The number of ketones is 1. The van der Waals surface area contributed by atoms with Crippen molar-refractivity contribution in [2.75, 3.05) is 19.6 Å². The number of nitrogens with two attached hydrogens (primary N) is 2. The molecule has 3 aliphatic carbocycles. The first-order valence-corrected chi connectivity index (χ1v) is 12.7. The van der Waals surface area contributed by atoms with Crippen LogP contribution < -0.4 is 11.5 Å². The molecule has 4 atom stereocenters. The van der Waals surface area contributed by atoms with E-state index < -0.39 is 22.6 Å². The van der Waals surface area contributed by atoms with Gasteiger partial charge in [0.1, 0.15) is 16.1 Å². The Labute approximate surface area is 192 Å².